The summed E-state index contributed by atoms with van der Waals surface area (Å²) in [5.74, 6) is -0.00580. The second-order valence-electron chi connectivity index (χ2n) is 7.29. The average Bonchev–Trinajstić information content (AvgIpc) is 2.60. The summed E-state index contributed by atoms with van der Waals surface area (Å²) in [5.41, 5.74) is 0.336. The highest BCUT2D eigenvalue weighted by molar-refractivity contribution is 5.85. The Labute approximate surface area is 145 Å². The molecule has 24 heavy (non-hydrogen) atoms. The number of piperidine rings is 1. The van der Waals surface area contributed by atoms with Crippen LogP contribution in [0.25, 0.3) is 0 Å². The molecule has 0 radical (unpaired) electrons. The van der Waals surface area contributed by atoms with Crippen LogP contribution in [0, 0.1) is 0 Å². The summed E-state index contributed by atoms with van der Waals surface area (Å²) in [6, 6.07) is 10.5. The molecule has 2 rings (SSSR count). The standard InChI is InChI=1S/C19H31N3O2/c1-15(16-8-6-5-7-9-16)22-18(2,3)14-21-17(23)19(24-4)10-12-20-13-11-19/h5-9,15,20,22H,10-14H2,1-4H3,(H,21,23). The van der Waals surface area contributed by atoms with Crippen LogP contribution in [0.3, 0.4) is 0 Å². The molecule has 0 aromatic heterocycles. The van der Waals surface area contributed by atoms with Crippen molar-refractivity contribution in [3.63, 3.8) is 0 Å². The van der Waals surface area contributed by atoms with Crippen molar-refractivity contribution in [3.8, 4) is 0 Å². The van der Waals surface area contributed by atoms with Crippen molar-refractivity contribution in [2.24, 2.45) is 0 Å². The van der Waals surface area contributed by atoms with E-state index in [1.54, 1.807) is 7.11 Å². The monoisotopic (exact) mass is 333 g/mol. The Hall–Kier alpha value is -1.43. The lowest BCUT2D eigenvalue weighted by molar-refractivity contribution is -0.147. The minimum Gasteiger partial charge on any atom is -0.368 e. The first kappa shape index (κ1) is 18.9. The van der Waals surface area contributed by atoms with E-state index in [9.17, 15) is 4.79 Å². The van der Waals surface area contributed by atoms with Crippen LogP contribution >= 0.6 is 0 Å². The molecule has 0 bridgehead atoms. The third-order valence-corrected chi connectivity index (χ3v) is 4.81. The third-order valence-electron chi connectivity index (χ3n) is 4.81. The maximum absolute atomic E-state index is 12.7. The minimum atomic E-state index is -0.688. The SMILES string of the molecule is COC1(C(=O)NCC(C)(C)NC(C)c2ccccc2)CCNCC1. The molecule has 1 heterocycles. The first-order valence-electron chi connectivity index (χ1n) is 8.75. The number of methoxy groups -OCH3 is 1. The van der Waals surface area contributed by atoms with Gasteiger partial charge in [-0.25, -0.2) is 0 Å². The van der Waals surface area contributed by atoms with Gasteiger partial charge in [-0.2, -0.15) is 0 Å². The second kappa shape index (κ2) is 8.10. The van der Waals surface area contributed by atoms with Crippen molar-refractivity contribution in [1.82, 2.24) is 16.0 Å². The van der Waals surface area contributed by atoms with Crippen LogP contribution < -0.4 is 16.0 Å². The zero-order valence-corrected chi connectivity index (χ0v) is 15.3. The Morgan fingerprint density at radius 2 is 1.92 bits per heavy atom. The first-order chi connectivity index (χ1) is 11.4. The van der Waals surface area contributed by atoms with Crippen LogP contribution in [-0.2, 0) is 9.53 Å². The zero-order valence-electron chi connectivity index (χ0n) is 15.3. The third kappa shape index (κ3) is 4.79. The lowest BCUT2D eigenvalue weighted by Crippen LogP contribution is -2.58. The van der Waals surface area contributed by atoms with E-state index in [-0.39, 0.29) is 17.5 Å². The lowest BCUT2D eigenvalue weighted by atomic mass is 9.90. The van der Waals surface area contributed by atoms with Gasteiger partial charge in [0.1, 0.15) is 5.60 Å². The number of amides is 1. The maximum atomic E-state index is 12.7. The number of carbonyl (C=O) groups excluding carboxylic acids is 1. The van der Waals surface area contributed by atoms with Gasteiger partial charge in [-0.1, -0.05) is 30.3 Å². The molecular formula is C19H31N3O2. The fourth-order valence-corrected chi connectivity index (χ4v) is 3.28. The fraction of sp³-hybridized carbons (Fsp3) is 0.632. The van der Waals surface area contributed by atoms with Crippen LogP contribution in [-0.4, -0.2) is 43.8 Å². The number of nitrogens with one attached hydrogen (secondary N) is 3. The predicted molar refractivity (Wildman–Crippen MR) is 96.9 cm³/mol. The van der Waals surface area contributed by atoms with Crippen LogP contribution in [0.1, 0.15) is 45.2 Å². The minimum absolute atomic E-state index is 0.00580. The molecule has 0 spiro atoms. The number of hydrogen-bond acceptors (Lipinski definition) is 4. The molecule has 1 unspecified atom stereocenters. The second-order valence-corrected chi connectivity index (χ2v) is 7.29. The molecule has 0 aliphatic carbocycles. The summed E-state index contributed by atoms with van der Waals surface area (Å²) in [7, 11) is 1.63. The molecule has 1 fully saturated rings. The van der Waals surface area contributed by atoms with Crippen molar-refractivity contribution < 1.29 is 9.53 Å². The average molecular weight is 333 g/mol. The van der Waals surface area contributed by atoms with Crippen LogP contribution in [0.2, 0.25) is 0 Å². The van der Waals surface area contributed by atoms with Crippen LogP contribution in [0.15, 0.2) is 30.3 Å². The van der Waals surface area contributed by atoms with E-state index >= 15 is 0 Å². The largest absolute Gasteiger partial charge is 0.368 e. The van der Waals surface area contributed by atoms with E-state index < -0.39 is 5.60 Å². The van der Waals surface area contributed by atoms with E-state index in [0.29, 0.717) is 19.4 Å². The number of hydrogen-bond donors (Lipinski definition) is 3. The van der Waals surface area contributed by atoms with Gasteiger partial charge in [0.25, 0.3) is 5.91 Å². The zero-order chi connectivity index (χ0) is 17.6. The summed E-state index contributed by atoms with van der Waals surface area (Å²) in [6.07, 6.45) is 1.42. The Balaban J connectivity index is 1.90. The van der Waals surface area contributed by atoms with Crippen molar-refractivity contribution in [2.75, 3.05) is 26.7 Å². The predicted octanol–water partition coefficient (Wildman–Crippen LogP) is 2.00. The van der Waals surface area contributed by atoms with Crippen molar-refractivity contribution in [2.45, 2.75) is 50.8 Å². The molecule has 3 N–H and O–H groups in total. The Bertz CT molecular complexity index is 525. The van der Waals surface area contributed by atoms with Crippen molar-refractivity contribution in [3.05, 3.63) is 35.9 Å². The van der Waals surface area contributed by atoms with Crippen molar-refractivity contribution >= 4 is 5.91 Å². The molecule has 1 amide bonds. The first-order valence-corrected chi connectivity index (χ1v) is 8.75. The molecule has 5 heteroatoms. The number of ether oxygens (including phenoxy) is 1. The van der Waals surface area contributed by atoms with E-state index in [2.05, 4.69) is 48.9 Å². The van der Waals surface area contributed by atoms with Crippen molar-refractivity contribution in [1.29, 1.82) is 0 Å². The normalized spacial score (nSPS) is 18.8. The van der Waals surface area contributed by atoms with E-state index in [1.807, 2.05) is 18.2 Å². The molecule has 1 aromatic carbocycles. The van der Waals surface area contributed by atoms with Crippen LogP contribution in [0.5, 0.6) is 0 Å². The molecule has 0 saturated carbocycles. The molecule has 1 aromatic rings. The number of benzene rings is 1. The Kier molecular flexibility index (Phi) is 6.38. The molecule has 1 aliphatic rings. The quantitative estimate of drug-likeness (QED) is 0.714. The van der Waals surface area contributed by atoms with Gasteiger partial charge >= 0.3 is 0 Å². The van der Waals surface area contributed by atoms with Gasteiger partial charge in [0.15, 0.2) is 0 Å². The number of rotatable bonds is 7. The highest BCUT2D eigenvalue weighted by Gasteiger charge is 2.40. The van der Waals surface area contributed by atoms with E-state index in [1.165, 1.54) is 5.56 Å². The smallest absolute Gasteiger partial charge is 0.252 e. The van der Waals surface area contributed by atoms with E-state index in [0.717, 1.165) is 13.1 Å². The molecule has 134 valence electrons. The van der Waals surface area contributed by atoms with Gasteiger partial charge in [0.2, 0.25) is 0 Å². The van der Waals surface area contributed by atoms with Crippen LogP contribution in [0.4, 0.5) is 0 Å². The van der Waals surface area contributed by atoms with Gasteiger partial charge < -0.3 is 20.7 Å². The summed E-state index contributed by atoms with van der Waals surface area (Å²) < 4.78 is 5.58. The summed E-state index contributed by atoms with van der Waals surface area (Å²) in [5, 5.41) is 9.95. The highest BCUT2D eigenvalue weighted by atomic mass is 16.5. The Morgan fingerprint density at radius 3 is 2.50 bits per heavy atom. The lowest BCUT2D eigenvalue weighted by Gasteiger charge is -2.37. The maximum Gasteiger partial charge on any atom is 0.252 e. The summed E-state index contributed by atoms with van der Waals surface area (Å²) >= 11 is 0. The molecule has 5 nitrogen and oxygen atoms in total. The molecule has 1 saturated heterocycles. The van der Waals surface area contributed by atoms with Gasteiger partial charge in [0, 0.05) is 25.2 Å². The van der Waals surface area contributed by atoms with Gasteiger partial charge in [-0.3, -0.25) is 4.79 Å². The van der Waals surface area contributed by atoms with Gasteiger partial charge in [-0.15, -0.1) is 0 Å². The molecule has 1 aliphatic heterocycles. The van der Waals surface area contributed by atoms with Gasteiger partial charge in [0.05, 0.1) is 0 Å². The Morgan fingerprint density at radius 1 is 1.29 bits per heavy atom. The summed E-state index contributed by atoms with van der Waals surface area (Å²) in [6.45, 7) is 8.54. The fourth-order valence-electron chi connectivity index (χ4n) is 3.28. The molecule has 1 atom stereocenters. The number of carbonyl (C=O) groups is 1. The summed E-state index contributed by atoms with van der Waals surface area (Å²) in [4.78, 5) is 12.7. The van der Waals surface area contributed by atoms with E-state index in [4.69, 9.17) is 4.74 Å². The molecular weight excluding hydrogens is 302 g/mol. The highest BCUT2D eigenvalue weighted by Crippen LogP contribution is 2.23. The topological polar surface area (TPSA) is 62.4 Å². The van der Waals surface area contributed by atoms with Gasteiger partial charge in [-0.05, 0) is 52.3 Å².